The highest BCUT2D eigenvalue weighted by Crippen LogP contribution is 2.34. The van der Waals surface area contributed by atoms with E-state index in [0.717, 1.165) is 16.9 Å². The molecule has 2 amide bonds. The van der Waals surface area contributed by atoms with Gasteiger partial charge in [-0.1, -0.05) is 12.1 Å². The molecule has 0 aliphatic carbocycles. The number of rotatable bonds is 3. The van der Waals surface area contributed by atoms with Crippen LogP contribution in [0.15, 0.2) is 30.3 Å². The summed E-state index contributed by atoms with van der Waals surface area (Å²) in [5, 5.41) is 20.1. The molecular formula is C13H9N3O3S. The van der Waals surface area contributed by atoms with Crippen molar-refractivity contribution in [3.05, 3.63) is 40.8 Å². The van der Waals surface area contributed by atoms with Crippen LogP contribution in [0.3, 0.4) is 0 Å². The highest BCUT2D eigenvalue weighted by Gasteiger charge is 2.17. The topological polar surface area (TPSA) is 116 Å². The predicted molar refractivity (Wildman–Crippen MR) is 74.6 cm³/mol. The Balaban J connectivity index is 2.44. The van der Waals surface area contributed by atoms with Gasteiger partial charge in [-0.25, -0.2) is 9.59 Å². The average molecular weight is 287 g/mol. The van der Waals surface area contributed by atoms with E-state index in [1.54, 1.807) is 30.3 Å². The highest BCUT2D eigenvalue weighted by atomic mass is 32.1. The summed E-state index contributed by atoms with van der Waals surface area (Å²) >= 11 is 1.02. The number of urea groups is 1. The van der Waals surface area contributed by atoms with Crippen molar-refractivity contribution in [2.24, 2.45) is 5.73 Å². The summed E-state index contributed by atoms with van der Waals surface area (Å²) in [6, 6.07) is 9.42. The number of nitrogens with zero attached hydrogens (tertiary/aromatic N) is 1. The van der Waals surface area contributed by atoms with Crippen molar-refractivity contribution in [3.8, 4) is 16.5 Å². The first-order valence-corrected chi connectivity index (χ1v) is 6.27. The standard InChI is InChI=1S/C13H9N3O3S/c14-6-7-1-3-8(4-2-7)10-5-9(16-13(15)19)11(20-10)12(17)18/h1-5H,(H,17,18)(H3,15,16,19). The quantitative estimate of drug-likeness (QED) is 0.803. The SMILES string of the molecule is N#Cc1ccc(-c2cc(NC(N)=O)c(C(=O)O)s2)cc1. The summed E-state index contributed by atoms with van der Waals surface area (Å²) in [6.07, 6.45) is 0. The highest BCUT2D eigenvalue weighted by molar-refractivity contribution is 7.18. The summed E-state index contributed by atoms with van der Waals surface area (Å²) in [5.74, 6) is -1.14. The molecule has 1 aromatic heterocycles. The monoisotopic (exact) mass is 287 g/mol. The van der Waals surface area contributed by atoms with E-state index in [1.807, 2.05) is 6.07 Å². The van der Waals surface area contributed by atoms with E-state index in [0.29, 0.717) is 10.4 Å². The van der Waals surface area contributed by atoms with Gasteiger partial charge < -0.3 is 16.2 Å². The molecule has 4 N–H and O–H groups in total. The fourth-order valence-corrected chi connectivity index (χ4v) is 2.58. The van der Waals surface area contributed by atoms with Gasteiger partial charge in [0.25, 0.3) is 0 Å². The van der Waals surface area contributed by atoms with E-state index in [1.165, 1.54) is 0 Å². The molecule has 0 saturated carbocycles. The Hall–Kier alpha value is -2.85. The number of benzene rings is 1. The van der Waals surface area contributed by atoms with Gasteiger partial charge >= 0.3 is 12.0 Å². The molecule has 2 rings (SSSR count). The minimum Gasteiger partial charge on any atom is -0.477 e. The molecule has 0 unspecified atom stereocenters. The predicted octanol–water partition coefficient (Wildman–Crippen LogP) is 2.48. The van der Waals surface area contributed by atoms with Crippen LogP contribution in [0.1, 0.15) is 15.2 Å². The maximum absolute atomic E-state index is 11.1. The summed E-state index contributed by atoms with van der Waals surface area (Å²) in [6.45, 7) is 0. The van der Waals surface area contributed by atoms with Gasteiger partial charge in [0.15, 0.2) is 0 Å². The van der Waals surface area contributed by atoms with Crippen LogP contribution in [0, 0.1) is 11.3 Å². The van der Waals surface area contributed by atoms with E-state index in [-0.39, 0.29) is 10.6 Å². The molecule has 1 aromatic carbocycles. The van der Waals surface area contributed by atoms with Crippen molar-refractivity contribution in [2.75, 3.05) is 5.32 Å². The van der Waals surface area contributed by atoms with Crippen molar-refractivity contribution < 1.29 is 14.7 Å². The van der Waals surface area contributed by atoms with Crippen LogP contribution in [0.2, 0.25) is 0 Å². The van der Waals surface area contributed by atoms with E-state index < -0.39 is 12.0 Å². The summed E-state index contributed by atoms with van der Waals surface area (Å²) in [7, 11) is 0. The second-order valence-electron chi connectivity index (χ2n) is 3.84. The lowest BCUT2D eigenvalue weighted by molar-refractivity contribution is 0.0703. The van der Waals surface area contributed by atoms with Gasteiger partial charge in [0.2, 0.25) is 0 Å². The van der Waals surface area contributed by atoms with Crippen molar-refractivity contribution in [1.29, 1.82) is 5.26 Å². The van der Waals surface area contributed by atoms with E-state index in [9.17, 15) is 9.59 Å². The number of carbonyl (C=O) groups is 2. The molecule has 20 heavy (non-hydrogen) atoms. The van der Waals surface area contributed by atoms with Gasteiger partial charge in [-0.3, -0.25) is 0 Å². The van der Waals surface area contributed by atoms with Crippen molar-refractivity contribution in [1.82, 2.24) is 0 Å². The number of anilines is 1. The molecule has 0 aliphatic heterocycles. The number of nitriles is 1. The van der Waals surface area contributed by atoms with Crippen molar-refractivity contribution in [2.45, 2.75) is 0 Å². The maximum Gasteiger partial charge on any atom is 0.348 e. The largest absolute Gasteiger partial charge is 0.477 e. The van der Waals surface area contributed by atoms with E-state index in [4.69, 9.17) is 16.1 Å². The lowest BCUT2D eigenvalue weighted by atomic mass is 10.1. The van der Waals surface area contributed by atoms with Gasteiger partial charge in [-0.05, 0) is 23.8 Å². The Morgan fingerprint density at radius 3 is 2.45 bits per heavy atom. The molecule has 0 aliphatic rings. The number of carboxylic acids is 1. The third kappa shape index (κ3) is 2.76. The second kappa shape index (κ2) is 5.42. The number of thiophene rings is 1. The lowest BCUT2D eigenvalue weighted by Crippen LogP contribution is -2.20. The van der Waals surface area contributed by atoms with Crippen LogP contribution < -0.4 is 11.1 Å². The van der Waals surface area contributed by atoms with Gasteiger partial charge in [-0.2, -0.15) is 5.26 Å². The normalized spacial score (nSPS) is 9.75. The van der Waals surface area contributed by atoms with Crippen LogP contribution in [-0.4, -0.2) is 17.1 Å². The zero-order chi connectivity index (χ0) is 14.7. The Morgan fingerprint density at radius 2 is 1.95 bits per heavy atom. The van der Waals surface area contributed by atoms with Crippen LogP contribution >= 0.6 is 11.3 Å². The van der Waals surface area contributed by atoms with E-state index >= 15 is 0 Å². The number of primary amides is 1. The lowest BCUT2D eigenvalue weighted by Gasteiger charge is -1.98. The molecule has 6 nitrogen and oxygen atoms in total. The summed E-state index contributed by atoms with van der Waals surface area (Å²) in [4.78, 5) is 22.6. The molecule has 100 valence electrons. The third-order valence-corrected chi connectivity index (χ3v) is 3.65. The Bertz CT molecular complexity index is 713. The molecule has 0 spiro atoms. The molecule has 0 fully saturated rings. The van der Waals surface area contributed by atoms with Gasteiger partial charge in [0, 0.05) is 4.88 Å². The second-order valence-corrected chi connectivity index (χ2v) is 4.89. The molecule has 1 heterocycles. The molecule has 0 saturated heterocycles. The number of hydrogen-bond donors (Lipinski definition) is 3. The Labute approximate surface area is 118 Å². The number of aromatic carboxylic acids is 1. The Kier molecular flexibility index (Phi) is 3.68. The maximum atomic E-state index is 11.1. The minimum absolute atomic E-state index is 0.00293. The Morgan fingerprint density at radius 1 is 1.30 bits per heavy atom. The number of nitrogens with one attached hydrogen (secondary N) is 1. The fourth-order valence-electron chi connectivity index (χ4n) is 1.63. The van der Waals surface area contributed by atoms with Gasteiger partial charge in [0.05, 0.1) is 17.3 Å². The number of carbonyl (C=O) groups excluding carboxylic acids is 1. The number of amides is 2. The van der Waals surface area contributed by atoms with Gasteiger partial charge in [0.1, 0.15) is 4.88 Å². The first kappa shape index (κ1) is 13.6. The third-order valence-electron chi connectivity index (χ3n) is 2.48. The fraction of sp³-hybridized carbons (Fsp3) is 0. The number of nitrogens with two attached hydrogens (primary N) is 1. The van der Waals surface area contributed by atoms with Crippen LogP contribution in [-0.2, 0) is 0 Å². The molecule has 2 aromatic rings. The zero-order valence-corrected chi connectivity index (χ0v) is 10.9. The van der Waals surface area contributed by atoms with Crippen molar-refractivity contribution >= 4 is 29.0 Å². The minimum atomic E-state index is -1.14. The average Bonchev–Trinajstić information content (AvgIpc) is 2.82. The van der Waals surface area contributed by atoms with E-state index in [2.05, 4.69) is 5.32 Å². The first-order valence-electron chi connectivity index (χ1n) is 5.45. The number of hydrogen-bond acceptors (Lipinski definition) is 4. The molecule has 0 bridgehead atoms. The van der Waals surface area contributed by atoms with Crippen LogP contribution in [0.5, 0.6) is 0 Å². The molecule has 0 atom stereocenters. The molecule has 7 heteroatoms. The molecular weight excluding hydrogens is 278 g/mol. The van der Waals surface area contributed by atoms with Crippen LogP contribution in [0.4, 0.5) is 10.5 Å². The smallest absolute Gasteiger partial charge is 0.348 e. The summed E-state index contributed by atoms with van der Waals surface area (Å²) < 4.78 is 0. The summed E-state index contributed by atoms with van der Waals surface area (Å²) in [5.41, 5.74) is 6.44. The van der Waals surface area contributed by atoms with Crippen molar-refractivity contribution in [3.63, 3.8) is 0 Å². The first-order chi connectivity index (χ1) is 9.51. The number of carboxylic acid groups (broad SMARTS) is 1. The van der Waals surface area contributed by atoms with Crippen LogP contribution in [0.25, 0.3) is 10.4 Å². The molecule has 0 radical (unpaired) electrons. The van der Waals surface area contributed by atoms with Gasteiger partial charge in [-0.15, -0.1) is 11.3 Å². The zero-order valence-electron chi connectivity index (χ0n) is 10.1.